The fraction of sp³-hybridized carbons (Fsp3) is 0.917. The van der Waals surface area contributed by atoms with Crippen LogP contribution in [0.4, 0.5) is 0 Å². The largest absolute Gasteiger partial charge is 0.339 e. The Morgan fingerprint density at radius 2 is 0.259 bits per heavy atom. The van der Waals surface area contributed by atoms with Crippen LogP contribution in [-0.4, -0.2) is 493 Å². The van der Waals surface area contributed by atoms with Crippen LogP contribution in [0.3, 0.4) is 0 Å². The van der Waals surface area contributed by atoms with Crippen LogP contribution >= 0.6 is 0 Å². The molecule has 0 saturated carbocycles. The summed E-state index contributed by atoms with van der Waals surface area (Å²) in [5, 5.41) is 0. The number of amides is 5. The first kappa shape index (κ1) is 70.8. The van der Waals surface area contributed by atoms with Gasteiger partial charge in [0, 0.05) is 262 Å². The van der Waals surface area contributed by atoms with E-state index in [4.69, 9.17) is 0 Å². The number of hydrogen-bond donors (Lipinski definition) is 0. The maximum Gasteiger partial charge on any atom is 0.236 e. The van der Waals surface area contributed by atoms with Gasteiger partial charge < -0.3 is 73.5 Å². The van der Waals surface area contributed by atoms with Crippen LogP contribution in [0.25, 0.3) is 0 Å². The van der Waals surface area contributed by atoms with Crippen LogP contribution < -0.4 is 0 Å². The molecule has 25 nitrogen and oxygen atoms in total. The molecule has 10 aliphatic heterocycles. The first-order valence-electron chi connectivity index (χ1n) is 32.6. The predicted molar refractivity (Wildman–Crippen MR) is 340 cm³/mol. The van der Waals surface area contributed by atoms with E-state index in [2.05, 4.69) is 144 Å². The van der Waals surface area contributed by atoms with Crippen molar-refractivity contribution in [1.82, 2.24) is 98.0 Å². The molecular formula is C60H120N20O5. The second kappa shape index (κ2) is 37.7. The zero-order chi connectivity index (χ0) is 61.3. The Labute approximate surface area is 514 Å². The zero-order valence-corrected chi connectivity index (χ0v) is 55.3. The molecule has 0 atom stereocenters. The van der Waals surface area contributed by atoms with Gasteiger partial charge in [-0.15, -0.1) is 0 Å². The Kier molecular flexibility index (Phi) is 31.4. The maximum atomic E-state index is 12.1. The highest BCUT2D eigenvalue weighted by molar-refractivity contribution is 5.80. The second-order valence-corrected chi connectivity index (χ2v) is 26.3. The van der Waals surface area contributed by atoms with Gasteiger partial charge in [-0.25, -0.2) is 0 Å². The summed E-state index contributed by atoms with van der Waals surface area (Å²) < 4.78 is 0. The van der Waals surface area contributed by atoms with Crippen molar-refractivity contribution in [3.05, 3.63) is 0 Å². The zero-order valence-electron chi connectivity index (χ0n) is 55.3. The molecule has 0 unspecified atom stereocenters. The van der Waals surface area contributed by atoms with E-state index in [1.807, 2.05) is 24.5 Å². The van der Waals surface area contributed by atoms with Crippen LogP contribution in [0.2, 0.25) is 0 Å². The summed E-state index contributed by atoms with van der Waals surface area (Å²) in [5.41, 5.74) is 0. The smallest absolute Gasteiger partial charge is 0.236 e. The number of piperazine rings is 10. The number of rotatable bonds is 10. The summed E-state index contributed by atoms with van der Waals surface area (Å²) in [5.74, 6) is 1.54. The molecule has 85 heavy (non-hydrogen) atoms. The summed E-state index contributed by atoms with van der Waals surface area (Å²) >= 11 is 0. The van der Waals surface area contributed by atoms with Gasteiger partial charge in [-0.3, -0.25) is 48.5 Å². The van der Waals surface area contributed by atoms with Gasteiger partial charge in [-0.1, -0.05) is 0 Å². The van der Waals surface area contributed by atoms with Crippen molar-refractivity contribution in [1.29, 1.82) is 0 Å². The summed E-state index contributed by atoms with van der Waals surface area (Å²) in [7, 11) is 21.3. The Balaban J connectivity index is 0.000000170. The predicted octanol–water partition coefficient (Wildman–Crippen LogP) is -4.96. The topological polar surface area (TPSA) is 150 Å². The molecule has 0 spiro atoms. The molecule has 25 heteroatoms. The minimum Gasteiger partial charge on any atom is -0.339 e. The van der Waals surface area contributed by atoms with E-state index in [0.717, 1.165) is 262 Å². The molecule has 0 aromatic carbocycles. The molecule has 10 fully saturated rings. The van der Waals surface area contributed by atoms with Crippen LogP contribution in [0.1, 0.15) is 0 Å². The minimum absolute atomic E-state index is 0.308. The normalized spacial score (nSPS) is 25.2. The molecule has 10 aliphatic rings. The van der Waals surface area contributed by atoms with Crippen LogP contribution in [0.5, 0.6) is 0 Å². The summed E-state index contributed by atoms with van der Waals surface area (Å²) in [4.78, 5) is 105. The molecule has 0 aliphatic carbocycles. The second-order valence-electron chi connectivity index (χ2n) is 26.3. The quantitative estimate of drug-likeness (QED) is 0.206. The van der Waals surface area contributed by atoms with E-state index in [0.29, 0.717) is 62.3 Å². The Morgan fingerprint density at radius 1 is 0.165 bits per heavy atom. The number of likely N-dealkylation sites (N-methyl/N-ethyl adjacent to an activating group) is 10. The molecule has 0 N–H and O–H groups in total. The average Bonchev–Trinajstić information content (AvgIpc) is 3.69. The van der Waals surface area contributed by atoms with Gasteiger partial charge in [0.2, 0.25) is 29.5 Å². The van der Waals surface area contributed by atoms with Crippen molar-refractivity contribution in [3.63, 3.8) is 0 Å². The number of nitrogens with zero attached hydrogens (tertiary/aromatic N) is 20. The van der Waals surface area contributed by atoms with Crippen LogP contribution in [0, 0.1) is 0 Å². The van der Waals surface area contributed by atoms with Gasteiger partial charge in [-0.2, -0.15) is 0 Å². The molecule has 0 bridgehead atoms. The van der Waals surface area contributed by atoms with Crippen molar-refractivity contribution in [3.8, 4) is 0 Å². The fourth-order valence-electron chi connectivity index (χ4n) is 11.8. The molecule has 10 rings (SSSR count). The van der Waals surface area contributed by atoms with Gasteiger partial charge >= 0.3 is 0 Å². The van der Waals surface area contributed by atoms with E-state index in [1.54, 1.807) is 0 Å². The third kappa shape index (κ3) is 26.8. The van der Waals surface area contributed by atoms with E-state index in [9.17, 15) is 24.0 Å². The van der Waals surface area contributed by atoms with Gasteiger partial charge in [0.15, 0.2) is 0 Å². The molecule has 10 heterocycles. The molecule has 0 aromatic rings. The van der Waals surface area contributed by atoms with Crippen molar-refractivity contribution in [2.75, 3.05) is 365 Å². The first-order chi connectivity index (χ1) is 40.7. The fourth-order valence-corrected chi connectivity index (χ4v) is 11.8. The third-order valence-corrected chi connectivity index (χ3v) is 19.1. The maximum absolute atomic E-state index is 12.1. The van der Waals surface area contributed by atoms with Crippen molar-refractivity contribution in [2.24, 2.45) is 0 Å². The summed E-state index contributed by atoms with van der Waals surface area (Å²) in [6.45, 7) is 43.1. The first-order valence-corrected chi connectivity index (χ1v) is 32.6. The molecule has 10 saturated heterocycles. The number of hydrogen-bond acceptors (Lipinski definition) is 20. The summed E-state index contributed by atoms with van der Waals surface area (Å²) in [6.07, 6.45) is 0. The van der Waals surface area contributed by atoms with E-state index in [-0.39, 0.29) is 0 Å². The van der Waals surface area contributed by atoms with Crippen LogP contribution in [0.15, 0.2) is 0 Å². The van der Waals surface area contributed by atoms with Crippen molar-refractivity contribution in [2.45, 2.75) is 0 Å². The van der Waals surface area contributed by atoms with E-state index < -0.39 is 0 Å². The molecular weight excluding hydrogens is 1080 g/mol. The van der Waals surface area contributed by atoms with Crippen molar-refractivity contribution >= 4 is 29.5 Å². The molecule has 5 amide bonds. The Hall–Kier alpha value is -3.25. The lowest BCUT2D eigenvalue weighted by atomic mass is 10.3. The van der Waals surface area contributed by atoms with Gasteiger partial charge in [0.05, 0.1) is 32.7 Å². The summed E-state index contributed by atoms with van der Waals surface area (Å²) in [6, 6.07) is 0. The highest BCUT2D eigenvalue weighted by Gasteiger charge is 2.28. The van der Waals surface area contributed by atoms with Crippen LogP contribution in [-0.2, 0) is 24.0 Å². The molecule has 0 radical (unpaired) electrons. The third-order valence-electron chi connectivity index (χ3n) is 19.1. The van der Waals surface area contributed by atoms with Gasteiger partial charge in [0.1, 0.15) is 0 Å². The average molecular weight is 1200 g/mol. The molecule has 490 valence electrons. The minimum atomic E-state index is 0.308. The highest BCUT2D eigenvalue weighted by Crippen LogP contribution is 2.09. The Morgan fingerprint density at radius 3 is 0.365 bits per heavy atom. The van der Waals surface area contributed by atoms with Crippen molar-refractivity contribution < 1.29 is 24.0 Å². The standard InChI is InChI=1S/5C12H24N4O/c5*1-13-3-7-15(8-4-13)11-12(17)16-9-5-14(2)6-10-16/h5*3-11H2,1-2H3. The number of carbonyl (C=O) groups is 5. The lowest BCUT2D eigenvalue weighted by molar-refractivity contribution is -0.135. The molecule has 0 aromatic heterocycles. The van der Waals surface area contributed by atoms with E-state index in [1.165, 1.54) is 0 Å². The van der Waals surface area contributed by atoms with Gasteiger partial charge in [0.25, 0.3) is 0 Å². The lowest BCUT2D eigenvalue weighted by Crippen LogP contribution is -2.52. The van der Waals surface area contributed by atoms with E-state index >= 15 is 0 Å². The highest BCUT2D eigenvalue weighted by atomic mass is 16.2. The lowest BCUT2D eigenvalue weighted by Gasteiger charge is -2.36. The number of carbonyl (C=O) groups excluding carboxylic acids is 5. The monoisotopic (exact) mass is 1200 g/mol. The SMILES string of the molecule is CN1CCN(CC(=O)N2CCN(C)CC2)CC1.CN1CCN(CC(=O)N2CCN(C)CC2)CC1.CN1CCN(CC(=O)N2CCN(C)CC2)CC1.CN1CCN(CC(=O)N2CCN(C)CC2)CC1.CN1CCN(CC(=O)N2CCN(C)CC2)CC1. The van der Waals surface area contributed by atoms with Gasteiger partial charge in [-0.05, 0) is 70.5 Å². The Bertz CT molecular complexity index is 1590.